The first-order valence-electron chi connectivity index (χ1n) is 11.5. The van der Waals surface area contributed by atoms with Crippen LogP contribution in [0.1, 0.15) is 31.1 Å². The molecule has 5 nitrogen and oxygen atoms in total. The van der Waals surface area contributed by atoms with Crippen LogP contribution in [0.25, 0.3) is 10.8 Å². The number of Topliss-reactive ketones (excluding diaryl/α,β-unsaturated/α-hetero) is 1. The SMILES string of the molecule is COc1ccc(Oc2ccc(C(=O)C([S+]3CCOCC3)C(C)(C)C)c3ccccc23)c(OC)c1. The molecule has 1 aliphatic heterocycles. The van der Waals surface area contributed by atoms with Crippen molar-refractivity contribution in [1.29, 1.82) is 0 Å². The number of fused-ring (bicyclic) bond motifs is 1. The monoisotopic (exact) mass is 481 g/mol. The molecule has 0 amide bonds. The standard InChI is InChI=1S/C28H33O5S/c1-28(2,3)27(34-16-14-32-15-17-34)26(29)22-11-13-23(21-9-7-6-8-20(21)22)33-24-12-10-19(30-4)18-25(24)31-5/h6-13,18,27H,14-17H2,1-5H3/q+1. The van der Waals surface area contributed by atoms with Gasteiger partial charge >= 0.3 is 0 Å². The number of carbonyl (C=O) groups is 1. The van der Waals surface area contributed by atoms with Gasteiger partial charge < -0.3 is 18.9 Å². The lowest BCUT2D eigenvalue weighted by molar-refractivity contribution is 0.0947. The molecule has 1 aliphatic rings. The average molecular weight is 482 g/mol. The minimum absolute atomic E-state index is 0.00405. The fraction of sp³-hybridized carbons (Fsp3) is 0.393. The quantitative estimate of drug-likeness (QED) is 0.311. The number of ketones is 1. The van der Waals surface area contributed by atoms with Crippen LogP contribution in [0.4, 0.5) is 0 Å². The van der Waals surface area contributed by atoms with E-state index in [4.69, 9.17) is 18.9 Å². The van der Waals surface area contributed by atoms with Gasteiger partial charge in [-0.2, -0.15) is 0 Å². The number of ether oxygens (including phenoxy) is 4. The number of benzene rings is 3. The molecule has 34 heavy (non-hydrogen) atoms. The number of rotatable bonds is 7. The van der Waals surface area contributed by atoms with Gasteiger partial charge in [-0.15, -0.1) is 0 Å². The third kappa shape index (κ3) is 5.03. The van der Waals surface area contributed by atoms with Crippen LogP contribution in [0.3, 0.4) is 0 Å². The Morgan fingerprint density at radius 3 is 2.21 bits per heavy atom. The third-order valence-electron chi connectivity index (χ3n) is 6.08. The van der Waals surface area contributed by atoms with Crippen molar-refractivity contribution in [3.8, 4) is 23.0 Å². The van der Waals surface area contributed by atoms with Crippen LogP contribution in [0.2, 0.25) is 0 Å². The van der Waals surface area contributed by atoms with Crippen molar-refractivity contribution >= 4 is 27.5 Å². The summed E-state index contributed by atoms with van der Waals surface area (Å²) in [5, 5.41) is 1.76. The molecule has 6 heteroatoms. The van der Waals surface area contributed by atoms with Gasteiger partial charge in [0, 0.05) is 33.3 Å². The third-order valence-corrected chi connectivity index (χ3v) is 9.05. The Hall–Kier alpha value is -2.70. The second kappa shape index (κ2) is 10.3. The number of hydrogen-bond donors (Lipinski definition) is 0. The first-order valence-corrected chi connectivity index (χ1v) is 13.2. The summed E-state index contributed by atoms with van der Waals surface area (Å²) in [4.78, 5) is 14.0. The van der Waals surface area contributed by atoms with E-state index in [-0.39, 0.29) is 27.3 Å². The molecule has 0 saturated carbocycles. The van der Waals surface area contributed by atoms with E-state index in [2.05, 4.69) is 20.8 Å². The highest BCUT2D eigenvalue weighted by atomic mass is 32.2. The van der Waals surface area contributed by atoms with Gasteiger partial charge in [0.05, 0.1) is 27.4 Å². The molecular weight excluding hydrogens is 448 g/mol. The second-order valence-corrected chi connectivity index (χ2v) is 11.8. The van der Waals surface area contributed by atoms with Gasteiger partial charge in [0.1, 0.15) is 23.0 Å². The smallest absolute Gasteiger partial charge is 0.216 e. The summed E-state index contributed by atoms with van der Waals surface area (Å²) in [6, 6.07) is 17.2. The largest absolute Gasteiger partial charge is 0.497 e. The summed E-state index contributed by atoms with van der Waals surface area (Å²) in [5.74, 6) is 4.64. The Morgan fingerprint density at radius 2 is 1.56 bits per heavy atom. The first kappa shape index (κ1) is 24.4. The molecule has 1 heterocycles. The molecule has 1 fully saturated rings. The highest BCUT2D eigenvalue weighted by Gasteiger charge is 2.46. The van der Waals surface area contributed by atoms with Crippen molar-refractivity contribution < 1.29 is 23.7 Å². The fourth-order valence-electron chi connectivity index (χ4n) is 4.51. The van der Waals surface area contributed by atoms with Crippen molar-refractivity contribution in [3.63, 3.8) is 0 Å². The van der Waals surface area contributed by atoms with Crippen LogP contribution in [-0.2, 0) is 15.6 Å². The van der Waals surface area contributed by atoms with E-state index < -0.39 is 0 Å². The Bertz CT molecular complexity index is 1160. The summed E-state index contributed by atoms with van der Waals surface area (Å²) in [5.41, 5.74) is 0.619. The van der Waals surface area contributed by atoms with Crippen molar-refractivity contribution in [1.82, 2.24) is 0 Å². The van der Waals surface area contributed by atoms with Crippen LogP contribution in [0.15, 0.2) is 54.6 Å². The molecule has 0 spiro atoms. The topological polar surface area (TPSA) is 54.0 Å². The molecule has 3 aromatic rings. The Labute approximate surface area is 204 Å². The van der Waals surface area contributed by atoms with Gasteiger partial charge in [0.15, 0.2) is 16.7 Å². The second-order valence-electron chi connectivity index (χ2n) is 9.44. The lowest BCUT2D eigenvalue weighted by atomic mass is 9.86. The van der Waals surface area contributed by atoms with Gasteiger partial charge in [-0.25, -0.2) is 0 Å². The van der Waals surface area contributed by atoms with E-state index in [0.717, 1.165) is 41.1 Å². The molecule has 1 unspecified atom stereocenters. The van der Waals surface area contributed by atoms with E-state index in [1.807, 2.05) is 48.5 Å². The molecule has 0 aliphatic carbocycles. The highest BCUT2D eigenvalue weighted by Crippen LogP contribution is 2.39. The van der Waals surface area contributed by atoms with Crippen LogP contribution < -0.4 is 14.2 Å². The molecule has 0 radical (unpaired) electrons. The number of hydrogen-bond acceptors (Lipinski definition) is 5. The minimum atomic E-state index is -0.135. The molecule has 1 atom stereocenters. The Balaban J connectivity index is 1.74. The first-order chi connectivity index (χ1) is 16.3. The normalized spacial score (nSPS) is 15.7. The molecular formula is C28H33O5S+. The maximum Gasteiger partial charge on any atom is 0.216 e. The van der Waals surface area contributed by atoms with E-state index >= 15 is 0 Å². The van der Waals surface area contributed by atoms with E-state index in [0.29, 0.717) is 23.0 Å². The van der Waals surface area contributed by atoms with Gasteiger partial charge in [-0.3, -0.25) is 4.79 Å². The van der Waals surface area contributed by atoms with E-state index in [9.17, 15) is 4.79 Å². The molecule has 180 valence electrons. The summed E-state index contributed by atoms with van der Waals surface area (Å²) in [6.45, 7) is 8.00. The number of methoxy groups -OCH3 is 2. The maximum atomic E-state index is 14.0. The molecule has 0 aromatic heterocycles. The van der Waals surface area contributed by atoms with Crippen LogP contribution in [0.5, 0.6) is 23.0 Å². The Kier molecular flexibility index (Phi) is 7.39. The van der Waals surface area contributed by atoms with Crippen molar-refractivity contribution in [2.75, 3.05) is 38.9 Å². The van der Waals surface area contributed by atoms with Crippen molar-refractivity contribution in [2.24, 2.45) is 5.41 Å². The van der Waals surface area contributed by atoms with Gasteiger partial charge in [0.25, 0.3) is 0 Å². The Morgan fingerprint density at radius 1 is 0.882 bits per heavy atom. The molecule has 1 saturated heterocycles. The maximum absolute atomic E-state index is 14.0. The molecule has 3 aromatic carbocycles. The van der Waals surface area contributed by atoms with Crippen LogP contribution >= 0.6 is 0 Å². The zero-order chi connectivity index (χ0) is 24.3. The lowest BCUT2D eigenvalue weighted by Gasteiger charge is -2.31. The zero-order valence-corrected chi connectivity index (χ0v) is 21.4. The minimum Gasteiger partial charge on any atom is -0.497 e. The predicted molar refractivity (Wildman–Crippen MR) is 139 cm³/mol. The van der Waals surface area contributed by atoms with Crippen molar-refractivity contribution in [3.05, 3.63) is 60.2 Å². The molecule has 4 rings (SSSR count). The average Bonchev–Trinajstić information content (AvgIpc) is 2.84. The zero-order valence-electron chi connectivity index (χ0n) is 20.6. The molecule has 0 bridgehead atoms. The summed E-state index contributed by atoms with van der Waals surface area (Å²) in [6.07, 6.45) is 0. The van der Waals surface area contributed by atoms with Gasteiger partial charge in [0.2, 0.25) is 5.78 Å². The highest BCUT2D eigenvalue weighted by molar-refractivity contribution is 7.98. The van der Waals surface area contributed by atoms with Crippen LogP contribution in [0, 0.1) is 5.41 Å². The summed E-state index contributed by atoms with van der Waals surface area (Å²) >= 11 is 0. The van der Waals surface area contributed by atoms with E-state index in [1.165, 1.54) is 0 Å². The molecule has 0 N–H and O–H groups in total. The summed E-state index contributed by atoms with van der Waals surface area (Å²) in [7, 11) is 3.21. The lowest BCUT2D eigenvalue weighted by Crippen LogP contribution is -2.47. The summed E-state index contributed by atoms with van der Waals surface area (Å²) < 4.78 is 22.7. The predicted octanol–water partition coefficient (Wildman–Crippen LogP) is 5.90. The fourth-order valence-corrected chi connectivity index (χ4v) is 7.28. The van der Waals surface area contributed by atoms with E-state index in [1.54, 1.807) is 20.3 Å². The number of carbonyl (C=O) groups excluding carboxylic acids is 1. The van der Waals surface area contributed by atoms with Gasteiger partial charge in [-0.1, -0.05) is 45.0 Å². The van der Waals surface area contributed by atoms with Crippen molar-refractivity contribution in [2.45, 2.75) is 26.0 Å². The van der Waals surface area contributed by atoms with Crippen LogP contribution in [-0.4, -0.2) is 50.0 Å². The van der Waals surface area contributed by atoms with Gasteiger partial charge in [-0.05, 0) is 29.7 Å².